The number of hydrogen-bond donors (Lipinski definition) is 1. The molecular formula is C10H9NO3. The molecule has 14 heavy (non-hydrogen) atoms. The van der Waals surface area contributed by atoms with E-state index in [0.717, 1.165) is 5.56 Å². The number of isocyanates is 1. The Morgan fingerprint density at radius 3 is 2.79 bits per heavy atom. The van der Waals surface area contributed by atoms with Gasteiger partial charge in [-0.2, -0.15) is 4.99 Å². The van der Waals surface area contributed by atoms with Crippen molar-refractivity contribution in [1.29, 1.82) is 0 Å². The SMILES string of the molecule is CCc1cccc(C(=O)O)c1N=C=O. The molecule has 0 radical (unpaired) electrons. The predicted molar refractivity (Wildman–Crippen MR) is 50.6 cm³/mol. The summed E-state index contributed by atoms with van der Waals surface area (Å²) in [6.45, 7) is 1.87. The number of carboxylic acid groups (broad SMARTS) is 1. The van der Waals surface area contributed by atoms with Gasteiger partial charge in [0.05, 0.1) is 11.3 Å². The van der Waals surface area contributed by atoms with E-state index in [2.05, 4.69) is 4.99 Å². The average Bonchev–Trinajstić information content (AvgIpc) is 2.18. The van der Waals surface area contributed by atoms with Crippen molar-refractivity contribution >= 4 is 17.7 Å². The van der Waals surface area contributed by atoms with E-state index in [4.69, 9.17) is 5.11 Å². The fraction of sp³-hybridized carbons (Fsp3) is 0.200. The highest BCUT2D eigenvalue weighted by Crippen LogP contribution is 2.24. The molecule has 72 valence electrons. The van der Waals surface area contributed by atoms with Gasteiger partial charge < -0.3 is 5.11 Å². The van der Waals surface area contributed by atoms with Crippen LogP contribution in [0.25, 0.3) is 0 Å². The summed E-state index contributed by atoms with van der Waals surface area (Å²) in [7, 11) is 0. The van der Waals surface area contributed by atoms with Crippen molar-refractivity contribution in [2.45, 2.75) is 13.3 Å². The standard InChI is InChI=1S/C10H9NO3/c1-2-7-4-3-5-8(10(13)14)9(7)11-6-12/h3-5H,2H2,1H3,(H,13,14). The van der Waals surface area contributed by atoms with Crippen LogP contribution in [0, 0.1) is 0 Å². The second kappa shape index (κ2) is 4.35. The zero-order valence-electron chi connectivity index (χ0n) is 7.65. The van der Waals surface area contributed by atoms with Gasteiger partial charge in [-0.3, -0.25) is 0 Å². The van der Waals surface area contributed by atoms with Crippen LogP contribution in [-0.4, -0.2) is 17.2 Å². The van der Waals surface area contributed by atoms with Crippen LogP contribution in [0.5, 0.6) is 0 Å². The Labute approximate surface area is 80.9 Å². The number of carbonyl (C=O) groups is 1. The van der Waals surface area contributed by atoms with Gasteiger partial charge >= 0.3 is 5.97 Å². The Morgan fingerprint density at radius 2 is 2.29 bits per heavy atom. The van der Waals surface area contributed by atoms with E-state index < -0.39 is 5.97 Å². The first-order valence-corrected chi connectivity index (χ1v) is 4.13. The second-order valence-corrected chi connectivity index (χ2v) is 2.68. The van der Waals surface area contributed by atoms with Gasteiger partial charge in [-0.05, 0) is 18.1 Å². The monoisotopic (exact) mass is 191 g/mol. The summed E-state index contributed by atoms with van der Waals surface area (Å²) < 4.78 is 0. The van der Waals surface area contributed by atoms with Crippen molar-refractivity contribution in [2.75, 3.05) is 0 Å². The molecule has 1 aromatic rings. The van der Waals surface area contributed by atoms with Crippen LogP contribution in [0.2, 0.25) is 0 Å². The van der Waals surface area contributed by atoms with Gasteiger partial charge in [-0.15, -0.1) is 0 Å². The van der Waals surface area contributed by atoms with Crippen LogP contribution in [0.3, 0.4) is 0 Å². The van der Waals surface area contributed by atoms with Gasteiger partial charge in [-0.25, -0.2) is 9.59 Å². The second-order valence-electron chi connectivity index (χ2n) is 2.68. The van der Waals surface area contributed by atoms with Gasteiger partial charge in [-0.1, -0.05) is 19.1 Å². The van der Waals surface area contributed by atoms with Crippen LogP contribution in [-0.2, 0) is 11.2 Å². The smallest absolute Gasteiger partial charge is 0.337 e. The Kier molecular flexibility index (Phi) is 3.15. The van der Waals surface area contributed by atoms with Crippen molar-refractivity contribution < 1.29 is 14.7 Å². The summed E-state index contributed by atoms with van der Waals surface area (Å²) in [5, 5.41) is 8.82. The Balaban J connectivity index is 3.42. The lowest BCUT2D eigenvalue weighted by Gasteiger charge is -2.03. The summed E-state index contributed by atoms with van der Waals surface area (Å²) in [4.78, 5) is 24.3. The number of hydrogen-bond acceptors (Lipinski definition) is 3. The topological polar surface area (TPSA) is 66.7 Å². The van der Waals surface area contributed by atoms with E-state index in [1.165, 1.54) is 12.1 Å². The van der Waals surface area contributed by atoms with Crippen molar-refractivity contribution in [3.8, 4) is 0 Å². The number of aromatic carboxylic acids is 1. The Morgan fingerprint density at radius 1 is 1.57 bits per heavy atom. The Hall–Kier alpha value is -1.93. The fourth-order valence-electron chi connectivity index (χ4n) is 1.23. The van der Waals surface area contributed by atoms with E-state index in [1.807, 2.05) is 6.92 Å². The van der Waals surface area contributed by atoms with Crippen molar-refractivity contribution in [3.63, 3.8) is 0 Å². The van der Waals surface area contributed by atoms with Crippen LogP contribution in [0.1, 0.15) is 22.8 Å². The van der Waals surface area contributed by atoms with Crippen LogP contribution >= 0.6 is 0 Å². The fourth-order valence-corrected chi connectivity index (χ4v) is 1.23. The molecule has 1 N–H and O–H groups in total. The third-order valence-electron chi connectivity index (χ3n) is 1.89. The summed E-state index contributed by atoms with van der Waals surface area (Å²) in [6, 6.07) is 4.78. The number of carboxylic acids is 1. The maximum absolute atomic E-state index is 10.8. The minimum Gasteiger partial charge on any atom is -0.478 e. The lowest BCUT2D eigenvalue weighted by molar-refractivity contribution is 0.0698. The quantitative estimate of drug-likeness (QED) is 0.586. The lowest BCUT2D eigenvalue weighted by Crippen LogP contribution is -1.98. The molecule has 0 fully saturated rings. The van der Waals surface area contributed by atoms with E-state index in [9.17, 15) is 9.59 Å². The van der Waals surface area contributed by atoms with Crippen molar-refractivity contribution in [2.24, 2.45) is 4.99 Å². The number of aryl methyl sites for hydroxylation is 1. The molecule has 0 atom stereocenters. The molecule has 0 aliphatic rings. The maximum atomic E-state index is 10.8. The zero-order chi connectivity index (χ0) is 10.6. The molecule has 1 aromatic carbocycles. The molecule has 0 heterocycles. The molecule has 0 aromatic heterocycles. The molecule has 0 bridgehead atoms. The molecular weight excluding hydrogens is 182 g/mol. The molecule has 0 saturated carbocycles. The molecule has 0 aliphatic carbocycles. The zero-order valence-corrected chi connectivity index (χ0v) is 7.65. The number of benzene rings is 1. The average molecular weight is 191 g/mol. The number of nitrogens with zero attached hydrogens (tertiary/aromatic N) is 1. The highest BCUT2D eigenvalue weighted by molar-refractivity contribution is 5.94. The third kappa shape index (κ3) is 1.87. The predicted octanol–water partition coefficient (Wildman–Crippen LogP) is 1.91. The molecule has 0 spiro atoms. The first-order valence-electron chi connectivity index (χ1n) is 4.13. The number of rotatable bonds is 3. The molecule has 0 saturated heterocycles. The van der Waals surface area contributed by atoms with E-state index in [0.29, 0.717) is 6.42 Å². The van der Waals surface area contributed by atoms with E-state index >= 15 is 0 Å². The summed E-state index contributed by atoms with van der Waals surface area (Å²) in [6.07, 6.45) is 1.99. The first kappa shape index (κ1) is 10.2. The summed E-state index contributed by atoms with van der Waals surface area (Å²) >= 11 is 0. The van der Waals surface area contributed by atoms with E-state index in [-0.39, 0.29) is 11.3 Å². The molecule has 0 aliphatic heterocycles. The van der Waals surface area contributed by atoms with Gasteiger partial charge in [0.15, 0.2) is 0 Å². The van der Waals surface area contributed by atoms with Gasteiger partial charge in [0, 0.05) is 0 Å². The van der Waals surface area contributed by atoms with Crippen molar-refractivity contribution in [1.82, 2.24) is 0 Å². The van der Waals surface area contributed by atoms with Gasteiger partial charge in [0.2, 0.25) is 6.08 Å². The minimum atomic E-state index is -1.09. The Bertz CT molecular complexity index is 406. The highest BCUT2D eigenvalue weighted by Gasteiger charge is 2.11. The molecule has 4 heteroatoms. The maximum Gasteiger partial charge on any atom is 0.337 e. The summed E-state index contributed by atoms with van der Waals surface area (Å²) in [5.74, 6) is -1.09. The molecule has 0 amide bonds. The van der Waals surface area contributed by atoms with Crippen molar-refractivity contribution in [3.05, 3.63) is 29.3 Å². The normalized spacial score (nSPS) is 9.21. The van der Waals surface area contributed by atoms with Gasteiger partial charge in [0.25, 0.3) is 0 Å². The number of para-hydroxylation sites is 1. The third-order valence-corrected chi connectivity index (χ3v) is 1.89. The first-order chi connectivity index (χ1) is 6.70. The lowest BCUT2D eigenvalue weighted by atomic mass is 10.1. The molecule has 4 nitrogen and oxygen atoms in total. The van der Waals surface area contributed by atoms with E-state index in [1.54, 1.807) is 12.1 Å². The molecule has 1 rings (SSSR count). The van der Waals surface area contributed by atoms with Gasteiger partial charge in [0.1, 0.15) is 0 Å². The minimum absolute atomic E-state index is 0.0349. The number of carbonyl (C=O) groups excluding carboxylic acids is 1. The van der Waals surface area contributed by atoms with Crippen LogP contribution in [0.4, 0.5) is 5.69 Å². The largest absolute Gasteiger partial charge is 0.478 e. The summed E-state index contributed by atoms with van der Waals surface area (Å²) in [5.41, 5.74) is 0.971. The van der Waals surface area contributed by atoms with Crippen LogP contribution < -0.4 is 0 Å². The molecule has 0 unspecified atom stereocenters. The highest BCUT2D eigenvalue weighted by atomic mass is 16.4. The number of aliphatic imine (C=N–C) groups is 1. The van der Waals surface area contributed by atoms with Crippen LogP contribution in [0.15, 0.2) is 23.2 Å².